The Balaban J connectivity index is -0.0000000769. The summed E-state index contributed by atoms with van der Waals surface area (Å²) in [6.07, 6.45) is 29.1. The first-order chi connectivity index (χ1) is 49.8. The van der Waals surface area contributed by atoms with Crippen molar-refractivity contribution in [3.8, 4) is 0 Å². The SMILES string of the molecule is C1=CCC=C1.C1=Cc2ccccc2C1.C1CCNCC1.C1CCNCC1.C1CCOCC1.C1COCCN1.CC.CC.CC.CC.CC.CC.CC.CC.CC(C)C.CC(C)C.CC(C)C.CC(C)C.CC(C)C.CC(C)C.CC(C)C.CC(C)C.c1ccc2occc2c1.c1ccc2sccc2c1. The molecule has 6 heterocycles. The summed E-state index contributed by atoms with van der Waals surface area (Å²) in [6.45, 7) is 94.8. The van der Waals surface area contributed by atoms with Gasteiger partial charge in [-0.2, -0.15) is 0 Å². The van der Waals surface area contributed by atoms with E-state index in [4.69, 9.17) is 13.9 Å². The van der Waals surface area contributed by atoms with Gasteiger partial charge in [-0.3, -0.25) is 0 Å². The minimum absolute atomic E-state index is 0.833. The molecule has 4 fully saturated rings. The average molecular weight is 1480 g/mol. The average Bonchev–Trinajstić information content (AvgIpc) is 1.77. The van der Waals surface area contributed by atoms with Crippen LogP contribution in [0.1, 0.15) is 352 Å². The van der Waals surface area contributed by atoms with Crippen molar-refractivity contribution in [2.24, 2.45) is 47.3 Å². The second kappa shape index (κ2) is 123. The van der Waals surface area contributed by atoms with Gasteiger partial charge in [-0.1, -0.05) is 387 Å². The van der Waals surface area contributed by atoms with Crippen molar-refractivity contribution >= 4 is 38.5 Å². The van der Waals surface area contributed by atoms with Crippen LogP contribution in [0.2, 0.25) is 0 Å². The number of para-hydroxylation sites is 1. The molecule has 0 unspecified atom stereocenters. The summed E-state index contributed by atoms with van der Waals surface area (Å²) in [5.74, 6) is 6.67. The van der Waals surface area contributed by atoms with Crippen LogP contribution in [0, 0.1) is 47.3 Å². The van der Waals surface area contributed by atoms with E-state index < -0.39 is 0 Å². The number of thiophene rings is 1. The Morgan fingerprint density at radius 2 is 0.625 bits per heavy atom. The number of rotatable bonds is 0. The lowest BCUT2D eigenvalue weighted by Gasteiger charge is -2.10. The first-order valence-electron chi connectivity index (χ1n) is 42.9. The maximum atomic E-state index is 5.12. The number of ether oxygens (including phenoxy) is 2. The van der Waals surface area contributed by atoms with Crippen LogP contribution in [-0.2, 0) is 15.9 Å². The van der Waals surface area contributed by atoms with Crippen molar-refractivity contribution < 1.29 is 13.9 Å². The van der Waals surface area contributed by atoms with Crippen molar-refractivity contribution in [2.75, 3.05) is 65.7 Å². The molecule has 6 aliphatic rings. The van der Waals surface area contributed by atoms with Gasteiger partial charge in [0.25, 0.3) is 0 Å². The third kappa shape index (κ3) is 160. The molecule has 2 aromatic heterocycles. The van der Waals surface area contributed by atoms with Gasteiger partial charge in [0, 0.05) is 36.4 Å². The van der Waals surface area contributed by atoms with Gasteiger partial charge in [-0.15, -0.1) is 11.3 Å². The molecule has 3 N–H and O–H groups in total. The maximum Gasteiger partial charge on any atom is 0.133 e. The summed E-state index contributed by atoms with van der Waals surface area (Å²) >= 11 is 1.79. The van der Waals surface area contributed by atoms with Crippen LogP contribution < -0.4 is 16.0 Å². The highest BCUT2D eigenvalue weighted by Gasteiger charge is 2.01. The number of benzene rings is 3. The predicted molar refractivity (Wildman–Crippen MR) is 497 cm³/mol. The molecule has 11 rings (SSSR count). The van der Waals surface area contributed by atoms with Gasteiger partial charge in [0.2, 0.25) is 0 Å². The highest BCUT2D eigenvalue weighted by Crippen LogP contribution is 2.19. The highest BCUT2D eigenvalue weighted by atomic mass is 32.1. The Labute approximate surface area is 663 Å². The molecule has 6 nitrogen and oxygen atoms in total. The van der Waals surface area contributed by atoms with Crippen molar-refractivity contribution in [2.45, 2.75) is 348 Å². The number of morpholine rings is 1. The number of hydrogen-bond donors (Lipinski definition) is 3. The van der Waals surface area contributed by atoms with Crippen molar-refractivity contribution in [1.82, 2.24) is 16.0 Å². The fourth-order valence-corrected chi connectivity index (χ4v) is 7.00. The lowest BCUT2D eigenvalue weighted by Crippen LogP contribution is -2.30. The molecule has 104 heavy (non-hydrogen) atoms. The van der Waals surface area contributed by atoms with Crippen LogP contribution in [0.15, 0.2) is 131 Å². The van der Waals surface area contributed by atoms with Gasteiger partial charge in [0.05, 0.1) is 19.5 Å². The summed E-state index contributed by atoms with van der Waals surface area (Å²) in [5, 5.41) is 14.4. The summed E-state index contributed by atoms with van der Waals surface area (Å²) in [5.41, 5.74) is 3.80. The molecule has 622 valence electrons. The standard InChI is InChI=1S/C9H8.C8H6O.C8H6S.2C5H11N.C5H10O.C5H6.C4H9NO.8C4H10.8C2H6/c1-2-5-9-7-3-6-8(9)4-1;2*1-2-4-8-7(3-1)5-6-9-8;3*1-2-4-6-5-3-1;1-2-4-5-3-1;1-3-6-4-2-5-1;8*1-4(2)3;8*1-2/h1-6H,7H2;2*1-6H;2*6H,1-5H2;1-5H2;1-4H,5H2;5H,1-4H2;8*4H,1-3H3;8*1-2H3. The molecule has 7 heteroatoms. The zero-order chi connectivity index (χ0) is 83.4. The molecular formula is C97H195N3O3S. The van der Waals surface area contributed by atoms with E-state index in [9.17, 15) is 0 Å². The Kier molecular flexibility index (Phi) is 153. The predicted octanol–water partition coefficient (Wildman–Crippen LogP) is 32.9. The fraction of sp³-hybridized carbons (Fsp3) is 0.711. The van der Waals surface area contributed by atoms with Gasteiger partial charge < -0.3 is 29.8 Å². The molecule has 3 aromatic carbocycles. The third-order valence-electron chi connectivity index (χ3n) is 9.41. The van der Waals surface area contributed by atoms with Crippen LogP contribution in [-0.4, -0.2) is 65.7 Å². The molecule has 0 atom stereocenters. The Bertz CT molecular complexity index is 1820. The van der Waals surface area contributed by atoms with Crippen molar-refractivity contribution in [1.29, 1.82) is 0 Å². The van der Waals surface area contributed by atoms with Crippen LogP contribution in [0.5, 0.6) is 0 Å². The maximum absolute atomic E-state index is 5.12. The lowest BCUT2D eigenvalue weighted by atomic mass is 10.1. The molecule has 0 amide bonds. The summed E-state index contributed by atoms with van der Waals surface area (Å²) in [4.78, 5) is 0. The number of piperidine rings is 2. The zero-order valence-electron chi connectivity index (χ0n) is 78.3. The normalized spacial score (nSPS) is 12.6. The fourth-order valence-electron chi connectivity index (χ4n) is 6.21. The minimum atomic E-state index is 0.833. The lowest BCUT2D eigenvalue weighted by molar-refractivity contribution is 0.0968. The van der Waals surface area contributed by atoms with E-state index in [1.807, 2.05) is 141 Å². The van der Waals surface area contributed by atoms with Crippen LogP contribution in [0.25, 0.3) is 27.1 Å². The smallest absolute Gasteiger partial charge is 0.133 e. The van der Waals surface area contributed by atoms with Gasteiger partial charge in [-0.25, -0.2) is 0 Å². The molecule has 4 aliphatic heterocycles. The van der Waals surface area contributed by atoms with E-state index in [0.29, 0.717) is 0 Å². The van der Waals surface area contributed by atoms with E-state index in [0.717, 1.165) is 111 Å². The number of fused-ring (bicyclic) bond motifs is 3. The second-order valence-corrected chi connectivity index (χ2v) is 28.8. The Morgan fingerprint density at radius 1 is 0.308 bits per heavy atom. The van der Waals surface area contributed by atoms with Crippen LogP contribution in [0.3, 0.4) is 0 Å². The third-order valence-corrected chi connectivity index (χ3v) is 10.3. The van der Waals surface area contributed by atoms with Crippen molar-refractivity contribution in [3.05, 3.63) is 138 Å². The van der Waals surface area contributed by atoms with E-state index in [2.05, 4.69) is 279 Å². The van der Waals surface area contributed by atoms with E-state index in [1.165, 1.54) is 105 Å². The van der Waals surface area contributed by atoms with Gasteiger partial charge in [0.1, 0.15) is 5.58 Å². The Hall–Kier alpha value is -3.82. The highest BCUT2D eigenvalue weighted by molar-refractivity contribution is 7.17. The topological polar surface area (TPSA) is 67.7 Å². The summed E-state index contributed by atoms with van der Waals surface area (Å²) < 4.78 is 16.6. The largest absolute Gasteiger partial charge is 0.464 e. The quantitative estimate of drug-likeness (QED) is 0.144. The first-order valence-corrected chi connectivity index (χ1v) is 43.8. The summed E-state index contributed by atoms with van der Waals surface area (Å²) in [7, 11) is 0. The van der Waals surface area contributed by atoms with Gasteiger partial charge >= 0.3 is 0 Å². The number of allylic oxidation sites excluding steroid dienone is 5. The second-order valence-electron chi connectivity index (χ2n) is 27.8. The van der Waals surface area contributed by atoms with E-state index in [-0.39, 0.29) is 0 Å². The molecule has 4 saturated heterocycles. The zero-order valence-corrected chi connectivity index (χ0v) is 79.1. The van der Waals surface area contributed by atoms with E-state index >= 15 is 0 Å². The molecular weight excluding hydrogens is 1290 g/mol. The molecule has 0 spiro atoms. The molecule has 0 bridgehead atoms. The van der Waals surface area contributed by atoms with Crippen molar-refractivity contribution in [3.63, 3.8) is 0 Å². The molecule has 5 aromatic rings. The van der Waals surface area contributed by atoms with E-state index in [1.54, 1.807) is 17.6 Å². The van der Waals surface area contributed by atoms with Gasteiger partial charge in [-0.05, 0) is 177 Å². The minimum Gasteiger partial charge on any atom is -0.464 e. The van der Waals surface area contributed by atoms with Gasteiger partial charge in [0.15, 0.2) is 0 Å². The van der Waals surface area contributed by atoms with Crippen LogP contribution in [0.4, 0.5) is 0 Å². The molecule has 0 radical (unpaired) electrons. The molecule has 0 saturated carbocycles. The molecule has 2 aliphatic carbocycles. The monoisotopic (exact) mass is 1480 g/mol. The summed E-state index contributed by atoms with van der Waals surface area (Å²) in [6, 6.07) is 28.9. The number of hydrogen-bond acceptors (Lipinski definition) is 7. The first kappa shape index (κ1) is 130. The number of nitrogens with one attached hydrogen (secondary N) is 3. The van der Waals surface area contributed by atoms with Crippen LogP contribution >= 0.6 is 11.3 Å². The Morgan fingerprint density at radius 3 is 0.885 bits per heavy atom. The number of furan rings is 1.